The Morgan fingerprint density at radius 2 is 1.53 bits per heavy atom. The molecule has 4 bridgehead atoms. The standard InChI is InChI=1S/C18H31N/c1-17(2,19)16-13-7-12-8-14(16)11-18(9-12,10-13)15-5-3-4-6-15/h12-16H,3-11,19H2,1-2H3. The first kappa shape index (κ1) is 12.7. The van der Waals surface area contributed by atoms with Crippen molar-refractivity contribution in [3.8, 4) is 0 Å². The van der Waals surface area contributed by atoms with Crippen LogP contribution in [0.4, 0.5) is 0 Å². The van der Waals surface area contributed by atoms with Gasteiger partial charge in [-0.15, -0.1) is 0 Å². The third-order valence-electron chi connectivity index (χ3n) is 7.40. The third kappa shape index (κ3) is 1.83. The molecule has 1 heteroatoms. The lowest BCUT2D eigenvalue weighted by atomic mass is 9.41. The summed E-state index contributed by atoms with van der Waals surface area (Å²) in [5, 5.41) is 0. The molecule has 0 saturated heterocycles. The highest BCUT2D eigenvalue weighted by Crippen LogP contribution is 2.67. The second-order valence-corrected chi connectivity index (χ2v) is 9.16. The summed E-state index contributed by atoms with van der Waals surface area (Å²) in [5.74, 6) is 4.90. The predicted octanol–water partition coefficient (Wildman–Crippen LogP) is 4.36. The molecule has 0 amide bonds. The van der Waals surface area contributed by atoms with E-state index in [1.807, 2.05) is 0 Å². The summed E-state index contributed by atoms with van der Waals surface area (Å²) in [5.41, 5.74) is 7.38. The summed E-state index contributed by atoms with van der Waals surface area (Å²) in [7, 11) is 0. The van der Waals surface area contributed by atoms with Crippen LogP contribution in [0.1, 0.15) is 71.6 Å². The summed E-state index contributed by atoms with van der Waals surface area (Å²) < 4.78 is 0. The Balaban J connectivity index is 1.63. The van der Waals surface area contributed by atoms with Crippen LogP contribution in [0.25, 0.3) is 0 Å². The maximum Gasteiger partial charge on any atom is 0.0131 e. The molecular formula is C18H31N. The highest BCUT2D eigenvalue weighted by atomic mass is 14.8. The van der Waals surface area contributed by atoms with E-state index in [9.17, 15) is 0 Å². The van der Waals surface area contributed by atoms with E-state index in [0.29, 0.717) is 0 Å². The third-order valence-corrected chi connectivity index (χ3v) is 7.40. The zero-order chi connectivity index (χ0) is 13.3. The molecule has 0 spiro atoms. The second-order valence-electron chi connectivity index (χ2n) is 9.16. The van der Waals surface area contributed by atoms with Crippen LogP contribution in [-0.4, -0.2) is 5.54 Å². The zero-order valence-electron chi connectivity index (χ0n) is 12.8. The van der Waals surface area contributed by atoms with Gasteiger partial charge < -0.3 is 5.73 Å². The predicted molar refractivity (Wildman–Crippen MR) is 79.7 cm³/mol. The molecule has 2 N–H and O–H groups in total. The second kappa shape index (κ2) is 4.00. The van der Waals surface area contributed by atoms with E-state index in [2.05, 4.69) is 13.8 Å². The summed E-state index contributed by atoms with van der Waals surface area (Å²) in [4.78, 5) is 0. The van der Waals surface area contributed by atoms with E-state index in [0.717, 1.165) is 35.0 Å². The van der Waals surface area contributed by atoms with Crippen molar-refractivity contribution in [2.45, 2.75) is 77.2 Å². The van der Waals surface area contributed by atoms with Gasteiger partial charge in [-0.05, 0) is 93.8 Å². The van der Waals surface area contributed by atoms with E-state index in [1.165, 1.54) is 38.5 Å². The van der Waals surface area contributed by atoms with Crippen LogP contribution in [0.2, 0.25) is 0 Å². The topological polar surface area (TPSA) is 26.0 Å². The van der Waals surface area contributed by atoms with Gasteiger partial charge in [0.05, 0.1) is 0 Å². The number of nitrogens with two attached hydrogens (primary N) is 1. The molecule has 0 aromatic heterocycles. The largest absolute Gasteiger partial charge is 0.325 e. The van der Waals surface area contributed by atoms with Gasteiger partial charge in [0, 0.05) is 5.54 Å². The number of rotatable bonds is 2. The van der Waals surface area contributed by atoms with Crippen LogP contribution in [0.5, 0.6) is 0 Å². The average molecular weight is 261 g/mol. The molecule has 5 saturated carbocycles. The molecule has 2 unspecified atom stereocenters. The Hall–Kier alpha value is -0.0400. The number of hydrogen-bond donors (Lipinski definition) is 1. The molecule has 0 radical (unpaired) electrons. The summed E-state index contributed by atoms with van der Waals surface area (Å²) in [6, 6.07) is 0. The van der Waals surface area contributed by atoms with Crippen molar-refractivity contribution in [2.24, 2.45) is 40.7 Å². The molecule has 5 fully saturated rings. The molecule has 5 rings (SSSR count). The van der Waals surface area contributed by atoms with Crippen molar-refractivity contribution < 1.29 is 0 Å². The van der Waals surface area contributed by atoms with Crippen LogP contribution >= 0.6 is 0 Å². The Labute approximate surface area is 118 Å². The molecule has 108 valence electrons. The SMILES string of the molecule is CC(C)(N)C1C2CC3CC1CC(C1CCCC1)(C3)C2. The fourth-order valence-electron chi connectivity index (χ4n) is 7.34. The van der Waals surface area contributed by atoms with Crippen molar-refractivity contribution in [3.63, 3.8) is 0 Å². The van der Waals surface area contributed by atoms with Gasteiger partial charge in [0.2, 0.25) is 0 Å². The molecule has 2 atom stereocenters. The minimum Gasteiger partial charge on any atom is -0.325 e. The first-order chi connectivity index (χ1) is 8.98. The molecule has 1 nitrogen and oxygen atoms in total. The summed E-state index contributed by atoms with van der Waals surface area (Å²) in [6.07, 6.45) is 13.8. The van der Waals surface area contributed by atoms with Gasteiger partial charge in [0.25, 0.3) is 0 Å². The van der Waals surface area contributed by atoms with Crippen molar-refractivity contribution in [1.29, 1.82) is 0 Å². The van der Waals surface area contributed by atoms with Gasteiger partial charge in [-0.1, -0.05) is 12.8 Å². The van der Waals surface area contributed by atoms with E-state index >= 15 is 0 Å². The van der Waals surface area contributed by atoms with Gasteiger partial charge >= 0.3 is 0 Å². The van der Waals surface area contributed by atoms with Gasteiger partial charge in [-0.25, -0.2) is 0 Å². The molecule has 5 aliphatic carbocycles. The van der Waals surface area contributed by atoms with E-state index in [-0.39, 0.29) is 5.54 Å². The molecule has 0 aromatic carbocycles. The molecule has 5 aliphatic rings. The van der Waals surface area contributed by atoms with Gasteiger partial charge in [-0.3, -0.25) is 0 Å². The highest BCUT2D eigenvalue weighted by molar-refractivity contribution is 5.10. The van der Waals surface area contributed by atoms with Crippen molar-refractivity contribution >= 4 is 0 Å². The average Bonchev–Trinajstić information content (AvgIpc) is 2.78. The van der Waals surface area contributed by atoms with Crippen LogP contribution < -0.4 is 5.73 Å². The van der Waals surface area contributed by atoms with Gasteiger partial charge in [0.1, 0.15) is 0 Å². The maximum absolute atomic E-state index is 6.56. The van der Waals surface area contributed by atoms with Gasteiger partial charge in [-0.2, -0.15) is 0 Å². The minimum atomic E-state index is 0.0550. The Bertz CT molecular complexity index is 344. The fourth-order valence-corrected chi connectivity index (χ4v) is 7.34. The molecule has 0 aromatic rings. The normalized spacial score (nSPS) is 50.1. The summed E-state index contributed by atoms with van der Waals surface area (Å²) >= 11 is 0. The van der Waals surface area contributed by atoms with Crippen LogP contribution in [-0.2, 0) is 0 Å². The lowest BCUT2D eigenvalue weighted by molar-refractivity contribution is -0.137. The maximum atomic E-state index is 6.56. The smallest absolute Gasteiger partial charge is 0.0131 e. The van der Waals surface area contributed by atoms with Gasteiger partial charge in [0.15, 0.2) is 0 Å². The molecule has 19 heavy (non-hydrogen) atoms. The monoisotopic (exact) mass is 261 g/mol. The van der Waals surface area contributed by atoms with E-state index in [1.54, 1.807) is 19.3 Å². The fraction of sp³-hybridized carbons (Fsp3) is 1.00. The number of hydrogen-bond acceptors (Lipinski definition) is 1. The first-order valence-corrected chi connectivity index (χ1v) is 8.77. The van der Waals surface area contributed by atoms with Crippen LogP contribution in [0, 0.1) is 35.0 Å². The Morgan fingerprint density at radius 3 is 2.05 bits per heavy atom. The lowest BCUT2D eigenvalue weighted by Gasteiger charge is -2.64. The Morgan fingerprint density at radius 1 is 0.947 bits per heavy atom. The minimum absolute atomic E-state index is 0.0550. The molecular weight excluding hydrogens is 230 g/mol. The molecule has 0 heterocycles. The van der Waals surface area contributed by atoms with Crippen LogP contribution in [0.3, 0.4) is 0 Å². The highest BCUT2D eigenvalue weighted by Gasteiger charge is 2.59. The van der Waals surface area contributed by atoms with E-state index < -0.39 is 0 Å². The summed E-state index contributed by atoms with van der Waals surface area (Å²) in [6.45, 7) is 4.59. The molecule has 0 aliphatic heterocycles. The van der Waals surface area contributed by atoms with E-state index in [4.69, 9.17) is 5.73 Å². The van der Waals surface area contributed by atoms with Crippen molar-refractivity contribution in [2.75, 3.05) is 0 Å². The quantitative estimate of drug-likeness (QED) is 0.785. The van der Waals surface area contributed by atoms with Crippen molar-refractivity contribution in [3.05, 3.63) is 0 Å². The zero-order valence-corrected chi connectivity index (χ0v) is 12.8. The van der Waals surface area contributed by atoms with Crippen LogP contribution in [0.15, 0.2) is 0 Å². The van der Waals surface area contributed by atoms with Crippen molar-refractivity contribution in [1.82, 2.24) is 0 Å². The first-order valence-electron chi connectivity index (χ1n) is 8.77. The Kier molecular flexibility index (Phi) is 2.67. The lowest BCUT2D eigenvalue weighted by Crippen LogP contribution is -2.60.